The first kappa shape index (κ1) is 14.4. The zero-order chi connectivity index (χ0) is 14.0. The van der Waals surface area contributed by atoms with Crippen LogP contribution in [0.4, 0.5) is 0 Å². The molecule has 2 aromatic carbocycles. The van der Waals surface area contributed by atoms with Crippen LogP contribution in [0.1, 0.15) is 28.3 Å². The van der Waals surface area contributed by atoms with Crippen LogP contribution in [-0.4, -0.2) is 0 Å². The summed E-state index contributed by atoms with van der Waals surface area (Å²) in [6, 6.07) is 12.0. The molecule has 0 fully saturated rings. The molecule has 0 saturated carbocycles. The zero-order valence-corrected chi connectivity index (χ0v) is 12.6. The summed E-state index contributed by atoms with van der Waals surface area (Å²) in [6.45, 7) is 4.18. The number of benzene rings is 2. The summed E-state index contributed by atoms with van der Waals surface area (Å²) in [5.74, 6) is 0. The normalized spacial score (nSPS) is 12.5. The largest absolute Gasteiger partial charge is 0.324 e. The predicted octanol–water partition coefficient (Wildman–Crippen LogP) is 4.85. The standard InChI is InChI=1S/C16H17Cl2N/c1-10-3-5-13(11(2)7-10)16(19)9-12-4-6-14(17)15(18)8-12/h3-8,16H,9,19H2,1-2H3. The minimum Gasteiger partial charge on any atom is -0.324 e. The second-order valence-electron chi connectivity index (χ2n) is 4.92. The average molecular weight is 294 g/mol. The van der Waals surface area contributed by atoms with Crippen LogP contribution in [0, 0.1) is 13.8 Å². The molecular weight excluding hydrogens is 277 g/mol. The van der Waals surface area contributed by atoms with E-state index in [-0.39, 0.29) is 6.04 Å². The smallest absolute Gasteiger partial charge is 0.0595 e. The summed E-state index contributed by atoms with van der Waals surface area (Å²) in [7, 11) is 0. The molecule has 19 heavy (non-hydrogen) atoms. The quantitative estimate of drug-likeness (QED) is 0.860. The summed E-state index contributed by atoms with van der Waals surface area (Å²) in [6.07, 6.45) is 0.751. The Kier molecular flexibility index (Phi) is 4.51. The summed E-state index contributed by atoms with van der Waals surface area (Å²) >= 11 is 11.9. The van der Waals surface area contributed by atoms with Crippen molar-refractivity contribution in [3.63, 3.8) is 0 Å². The van der Waals surface area contributed by atoms with Crippen LogP contribution in [0.3, 0.4) is 0 Å². The lowest BCUT2D eigenvalue weighted by Crippen LogP contribution is -2.14. The van der Waals surface area contributed by atoms with Gasteiger partial charge >= 0.3 is 0 Å². The Morgan fingerprint density at radius 3 is 2.37 bits per heavy atom. The van der Waals surface area contributed by atoms with Gasteiger partial charge in [-0.1, -0.05) is 53.0 Å². The van der Waals surface area contributed by atoms with E-state index in [4.69, 9.17) is 28.9 Å². The first-order chi connectivity index (χ1) is 8.97. The van der Waals surface area contributed by atoms with Crippen molar-refractivity contribution in [2.24, 2.45) is 5.73 Å². The van der Waals surface area contributed by atoms with Gasteiger partial charge in [0, 0.05) is 6.04 Å². The second kappa shape index (κ2) is 5.96. The summed E-state index contributed by atoms with van der Waals surface area (Å²) in [4.78, 5) is 0. The Labute approximate surface area is 124 Å². The number of rotatable bonds is 3. The third-order valence-electron chi connectivity index (χ3n) is 3.26. The lowest BCUT2D eigenvalue weighted by Gasteiger charge is -2.16. The molecule has 2 aromatic rings. The van der Waals surface area contributed by atoms with Gasteiger partial charge in [0.25, 0.3) is 0 Å². The van der Waals surface area contributed by atoms with Crippen LogP contribution in [0.2, 0.25) is 10.0 Å². The predicted molar refractivity (Wildman–Crippen MR) is 83.0 cm³/mol. The van der Waals surface area contributed by atoms with Crippen molar-refractivity contribution in [1.29, 1.82) is 0 Å². The van der Waals surface area contributed by atoms with E-state index in [9.17, 15) is 0 Å². The third kappa shape index (κ3) is 3.50. The van der Waals surface area contributed by atoms with E-state index in [0.717, 1.165) is 12.0 Å². The molecule has 0 aliphatic carbocycles. The van der Waals surface area contributed by atoms with Gasteiger partial charge in [0.1, 0.15) is 0 Å². The van der Waals surface area contributed by atoms with Crippen molar-refractivity contribution in [3.05, 3.63) is 68.7 Å². The highest BCUT2D eigenvalue weighted by Crippen LogP contribution is 2.26. The van der Waals surface area contributed by atoms with E-state index in [1.165, 1.54) is 16.7 Å². The van der Waals surface area contributed by atoms with Crippen molar-refractivity contribution < 1.29 is 0 Å². The maximum Gasteiger partial charge on any atom is 0.0595 e. The Morgan fingerprint density at radius 2 is 1.74 bits per heavy atom. The monoisotopic (exact) mass is 293 g/mol. The molecule has 1 unspecified atom stereocenters. The zero-order valence-electron chi connectivity index (χ0n) is 11.1. The highest BCUT2D eigenvalue weighted by Gasteiger charge is 2.10. The van der Waals surface area contributed by atoms with Gasteiger partial charge in [-0.2, -0.15) is 0 Å². The molecule has 0 heterocycles. The van der Waals surface area contributed by atoms with E-state index in [1.54, 1.807) is 0 Å². The molecule has 0 bridgehead atoms. The molecule has 0 aromatic heterocycles. The number of nitrogens with two attached hydrogens (primary N) is 1. The highest BCUT2D eigenvalue weighted by atomic mass is 35.5. The van der Waals surface area contributed by atoms with Crippen LogP contribution in [-0.2, 0) is 6.42 Å². The van der Waals surface area contributed by atoms with Gasteiger partial charge in [-0.15, -0.1) is 0 Å². The average Bonchev–Trinajstić information content (AvgIpc) is 2.33. The molecule has 0 aliphatic rings. The molecule has 3 heteroatoms. The summed E-state index contributed by atoms with van der Waals surface area (Å²) in [5.41, 5.74) is 11.0. The van der Waals surface area contributed by atoms with Crippen LogP contribution < -0.4 is 5.73 Å². The summed E-state index contributed by atoms with van der Waals surface area (Å²) < 4.78 is 0. The Hall–Kier alpha value is -1.02. The van der Waals surface area contributed by atoms with E-state index in [1.807, 2.05) is 18.2 Å². The van der Waals surface area contributed by atoms with Crippen LogP contribution in [0.5, 0.6) is 0 Å². The number of hydrogen-bond acceptors (Lipinski definition) is 1. The number of halogens is 2. The molecule has 1 atom stereocenters. The molecule has 0 saturated heterocycles. The maximum atomic E-state index is 6.29. The Bertz CT molecular complexity index is 593. The van der Waals surface area contributed by atoms with E-state index >= 15 is 0 Å². The van der Waals surface area contributed by atoms with Gasteiger partial charge in [-0.25, -0.2) is 0 Å². The molecule has 100 valence electrons. The van der Waals surface area contributed by atoms with Gasteiger partial charge in [0.05, 0.1) is 10.0 Å². The van der Waals surface area contributed by atoms with Gasteiger partial charge in [-0.05, 0) is 49.1 Å². The molecule has 2 N–H and O–H groups in total. The minimum atomic E-state index is -0.0298. The summed E-state index contributed by atoms with van der Waals surface area (Å²) in [5, 5.41) is 1.15. The first-order valence-corrected chi connectivity index (χ1v) is 6.99. The first-order valence-electron chi connectivity index (χ1n) is 6.24. The number of aryl methyl sites for hydroxylation is 2. The van der Waals surface area contributed by atoms with E-state index in [2.05, 4.69) is 32.0 Å². The highest BCUT2D eigenvalue weighted by molar-refractivity contribution is 6.42. The molecule has 1 nitrogen and oxygen atoms in total. The molecule has 0 spiro atoms. The molecule has 0 radical (unpaired) electrons. The van der Waals surface area contributed by atoms with Crippen LogP contribution in [0.15, 0.2) is 36.4 Å². The van der Waals surface area contributed by atoms with Crippen LogP contribution in [0.25, 0.3) is 0 Å². The molecule has 0 aliphatic heterocycles. The van der Waals surface area contributed by atoms with Gasteiger partial charge < -0.3 is 5.73 Å². The fourth-order valence-electron chi connectivity index (χ4n) is 2.27. The van der Waals surface area contributed by atoms with E-state index in [0.29, 0.717) is 10.0 Å². The van der Waals surface area contributed by atoms with Crippen molar-refractivity contribution in [2.75, 3.05) is 0 Å². The molecule has 0 amide bonds. The lowest BCUT2D eigenvalue weighted by atomic mass is 9.95. The SMILES string of the molecule is Cc1ccc(C(N)Cc2ccc(Cl)c(Cl)c2)c(C)c1. The van der Waals surface area contributed by atoms with Crippen molar-refractivity contribution in [3.8, 4) is 0 Å². The molecular formula is C16H17Cl2N. The Morgan fingerprint density at radius 1 is 1.00 bits per heavy atom. The van der Waals surface area contributed by atoms with Crippen molar-refractivity contribution >= 4 is 23.2 Å². The maximum absolute atomic E-state index is 6.29. The fourth-order valence-corrected chi connectivity index (χ4v) is 2.59. The van der Waals surface area contributed by atoms with Gasteiger partial charge in [-0.3, -0.25) is 0 Å². The van der Waals surface area contributed by atoms with E-state index < -0.39 is 0 Å². The third-order valence-corrected chi connectivity index (χ3v) is 4.00. The second-order valence-corrected chi connectivity index (χ2v) is 5.73. The topological polar surface area (TPSA) is 26.0 Å². The van der Waals surface area contributed by atoms with Crippen LogP contribution >= 0.6 is 23.2 Å². The van der Waals surface area contributed by atoms with Crippen molar-refractivity contribution in [2.45, 2.75) is 26.3 Å². The minimum absolute atomic E-state index is 0.0298. The fraction of sp³-hybridized carbons (Fsp3) is 0.250. The molecule has 2 rings (SSSR count). The van der Waals surface area contributed by atoms with Gasteiger partial charge in [0.2, 0.25) is 0 Å². The lowest BCUT2D eigenvalue weighted by molar-refractivity contribution is 0.716. The van der Waals surface area contributed by atoms with Crippen molar-refractivity contribution in [1.82, 2.24) is 0 Å². The number of hydrogen-bond donors (Lipinski definition) is 1. The Balaban J connectivity index is 2.20. The van der Waals surface area contributed by atoms with Gasteiger partial charge in [0.15, 0.2) is 0 Å².